The number of rotatable bonds is 38. The first-order valence-electron chi connectivity index (χ1n) is 24.7. The van der Waals surface area contributed by atoms with Crippen molar-refractivity contribution in [2.75, 3.05) is 13.2 Å². The fourth-order valence-corrected chi connectivity index (χ4v) is 7.99. The van der Waals surface area contributed by atoms with Crippen LogP contribution in [0.5, 0.6) is 0 Å². The highest BCUT2D eigenvalue weighted by atomic mass is 16.6. The first-order valence-corrected chi connectivity index (χ1v) is 24.7. The van der Waals surface area contributed by atoms with E-state index in [4.69, 9.17) is 9.47 Å². The molecule has 5 nitrogen and oxygen atoms in total. The van der Waals surface area contributed by atoms with Gasteiger partial charge in [-0.05, 0) is 54.4 Å². The predicted octanol–water partition coefficient (Wildman–Crippen LogP) is 15.9. The third kappa shape index (κ3) is 26.8. The summed E-state index contributed by atoms with van der Waals surface area (Å²) in [7, 11) is 0. The number of ether oxygens (including phenoxy) is 2. The van der Waals surface area contributed by atoms with Gasteiger partial charge < -0.3 is 14.6 Å². The zero-order valence-corrected chi connectivity index (χ0v) is 38.9. The van der Waals surface area contributed by atoms with Gasteiger partial charge in [0.25, 0.3) is 0 Å². The Morgan fingerprint density at radius 1 is 0.491 bits per heavy atom. The Morgan fingerprint density at radius 3 is 1.05 bits per heavy atom. The van der Waals surface area contributed by atoms with E-state index in [1.807, 2.05) is 19.9 Å². The quantitative estimate of drug-likeness (QED) is 0.0410. The largest absolute Gasteiger partial charge is 0.465 e. The number of carbonyl (C=O) groups is 2. The molecule has 0 heterocycles. The number of esters is 2. The number of hydrogen-bond donors (Lipinski definition) is 1. The van der Waals surface area contributed by atoms with Gasteiger partial charge in [-0.3, -0.25) is 9.59 Å². The topological polar surface area (TPSA) is 72.8 Å². The standard InChI is InChI=1S/C52H94O5/c1-8-10-12-14-16-18-20-22-24-26-28-30-32-34-36-38-40-56-50(54)48(49(53)47-43-46(52(5,6)7)42-44(3)45(47)4)51(55)57-41-39-37-35-33-31-29-27-25-23-21-19-17-15-13-11-9-2/h42-43,48-49,53H,8-41H2,1-7H3. The van der Waals surface area contributed by atoms with Crippen LogP contribution in [0, 0.1) is 19.8 Å². The molecular formula is C52H94O5. The van der Waals surface area contributed by atoms with Crippen LogP contribution in [0.1, 0.15) is 268 Å². The lowest BCUT2D eigenvalue weighted by Crippen LogP contribution is -2.34. The van der Waals surface area contributed by atoms with Gasteiger partial charge in [-0.1, -0.05) is 239 Å². The molecule has 1 aromatic rings. The van der Waals surface area contributed by atoms with Gasteiger partial charge in [0.2, 0.25) is 0 Å². The van der Waals surface area contributed by atoms with E-state index in [1.54, 1.807) is 0 Å². The van der Waals surface area contributed by atoms with Gasteiger partial charge in [0.05, 0.1) is 13.2 Å². The van der Waals surface area contributed by atoms with E-state index in [9.17, 15) is 14.7 Å². The average Bonchev–Trinajstić information content (AvgIpc) is 3.17. The van der Waals surface area contributed by atoms with Gasteiger partial charge in [0.15, 0.2) is 5.92 Å². The summed E-state index contributed by atoms with van der Waals surface area (Å²) in [5, 5.41) is 11.7. The van der Waals surface area contributed by atoms with Crippen molar-refractivity contribution in [3.63, 3.8) is 0 Å². The molecule has 0 bridgehead atoms. The third-order valence-corrected chi connectivity index (χ3v) is 12.2. The number of aryl methyl sites for hydroxylation is 1. The van der Waals surface area contributed by atoms with Crippen LogP contribution in [-0.4, -0.2) is 30.3 Å². The maximum atomic E-state index is 13.5. The normalized spacial score (nSPS) is 12.4. The Balaban J connectivity index is 2.46. The van der Waals surface area contributed by atoms with Crippen molar-refractivity contribution < 1.29 is 24.2 Å². The minimum absolute atomic E-state index is 0.149. The fraction of sp³-hybridized carbons (Fsp3) is 0.846. The molecule has 0 aliphatic carbocycles. The summed E-state index contributed by atoms with van der Waals surface area (Å²) >= 11 is 0. The molecule has 0 spiro atoms. The lowest BCUT2D eigenvalue weighted by molar-refractivity contribution is -0.168. The van der Waals surface area contributed by atoms with E-state index >= 15 is 0 Å². The van der Waals surface area contributed by atoms with Crippen LogP contribution in [0.3, 0.4) is 0 Å². The maximum Gasteiger partial charge on any atom is 0.323 e. The molecule has 0 amide bonds. The van der Waals surface area contributed by atoms with Crippen molar-refractivity contribution in [1.29, 1.82) is 0 Å². The smallest absolute Gasteiger partial charge is 0.323 e. The first-order chi connectivity index (χ1) is 27.5. The molecule has 0 saturated carbocycles. The second kappa shape index (κ2) is 34.9. The van der Waals surface area contributed by atoms with Crippen LogP contribution in [0.25, 0.3) is 0 Å². The van der Waals surface area contributed by atoms with Gasteiger partial charge in [-0.2, -0.15) is 0 Å². The summed E-state index contributed by atoms with van der Waals surface area (Å²) in [6, 6.07) is 4.08. The van der Waals surface area contributed by atoms with Crippen molar-refractivity contribution >= 4 is 11.9 Å². The predicted molar refractivity (Wildman–Crippen MR) is 244 cm³/mol. The van der Waals surface area contributed by atoms with E-state index < -0.39 is 24.0 Å². The highest BCUT2D eigenvalue weighted by molar-refractivity contribution is 5.95. The van der Waals surface area contributed by atoms with Crippen LogP contribution in [-0.2, 0) is 24.5 Å². The lowest BCUT2D eigenvalue weighted by Gasteiger charge is -2.26. The zero-order chi connectivity index (χ0) is 42.0. The van der Waals surface area contributed by atoms with Crippen LogP contribution in [0.2, 0.25) is 0 Å². The minimum atomic E-state index is -1.40. The Morgan fingerprint density at radius 2 is 0.772 bits per heavy atom. The molecule has 0 aliphatic heterocycles. The molecule has 0 fully saturated rings. The molecule has 0 saturated heterocycles. The number of aliphatic hydroxyl groups excluding tert-OH is 1. The molecule has 1 rings (SSSR count). The Labute approximate surface area is 354 Å². The average molecular weight is 799 g/mol. The van der Waals surface area contributed by atoms with E-state index in [0.717, 1.165) is 55.2 Å². The van der Waals surface area contributed by atoms with E-state index in [1.165, 1.54) is 167 Å². The Bertz CT molecular complexity index is 1070. The van der Waals surface area contributed by atoms with Crippen molar-refractivity contribution in [3.05, 3.63) is 34.4 Å². The van der Waals surface area contributed by atoms with E-state index in [-0.39, 0.29) is 18.6 Å². The molecule has 1 N–H and O–H groups in total. The van der Waals surface area contributed by atoms with Gasteiger partial charge in [0.1, 0.15) is 6.10 Å². The summed E-state index contributed by atoms with van der Waals surface area (Å²) in [6.45, 7) is 15.4. The van der Waals surface area contributed by atoms with E-state index in [2.05, 4.69) is 40.7 Å². The van der Waals surface area contributed by atoms with Crippen LogP contribution >= 0.6 is 0 Å². The van der Waals surface area contributed by atoms with Crippen molar-refractivity contribution in [2.45, 2.75) is 265 Å². The summed E-state index contributed by atoms with van der Waals surface area (Å²) in [6.07, 6.45) is 39.6. The minimum Gasteiger partial charge on any atom is -0.465 e. The molecule has 0 aromatic heterocycles. The monoisotopic (exact) mass is 799 g/mol. The number of aliphatic hydroxyl groups is 1. The number of hydrogen-bond acceptors (Lipinski definition) is 5. The molecule has 5 heteroatoms. The molecule has 57 heavy (non-hydrogen) atoms. The highest BCUT2D eigenvalue weighted by Gasteiger charge is 2.39. The molecule has 0 radical (unpaired) electrons. The number of carbonyl (C=O) groups excluding carboxylic acids is 2. The fourth-order valence-electron chi connectivity index (χ4n) is 7.99. The molecule has 332 valence electrons. The first kappa shape index (κ1) is 53.1. The molecule has 1 atom stereocenters. The SMILES string of the molecule is CCCCCCCCCCCCCCCCCCOC(=O)C(C(=O)OCCCCCCCCCCCCCCCCCC)C(O)c1cc(C(C)(C)C)cc(C)c1C. The van der Waals surface area contributed by atoms with Gasteiger partial charge in [-0.25, -0.2) is 0 Å². The summed E-state index contributed by atoms with van der Waals surface area (Å²) in [4.78, 5) is 27.1. The summed E-state index contributed by atoms with van der Waals surface area (Å²) in [5.74, 6) is -2.77. The molecule has 1 unspecified atom stereocenters. The maximum absolute atomic E-state index is 13.5. The van der Waals surface area contributed by atoms with Crippen molar-refractivity contribution in [2.24, 2.45) is 5.92 Å². The summed E-state index contributed by atoms with van der Waals surface area (Å²) < 4.78 is 11.4. The second-order valence-corrected chi connectivity index (χ2v) is 18.6. The Hall–Kier alpha value is -1.88. The van der Waals surface area contributed by atoms with Gasteiger partial charge in [-0.15, -0.1) is 0 Å². The van der Waals surface area contributed by atoms with Crippen LogP contribution in [0.4, 0.5) is 0 Å². The Kier molecular flexibility index (Phi) is 32.6. The zero-order valence-electron chi connectivity index (χ0n) is 38.9. The van der Waals surface area contributed by atoms with Gasteiger partial charge in [0, 0.05) is 0 Å². The summed E-state index contributed by atoms with van der Waals surface area (Å²) in [5.41, 5.74) is 3.42. The van der Waals surface area contributed by atoms with Crippen LogP contribution < -0.4 is 0 Å². The highest BCUT2D eigenvalue weighted by Crippen LogP contribution is 2.34. The van der Waals surface area contributed by atoms with Gasteiger partial charge >= 0.3 is 11.9 Å². The third-order valence-electron chi connectivity index (χ3n) is 12.2. The second-order valence-electron chi connectivity index (χ2n) is 18.6. The van der Waals surface area contributed by atoms with Crippen LogP contribution in [0.15, 0.2) is 12.1 Å². The van der Waals surface area contributed by atoms with E-state index in [0.29, 0.717) is 5.56 Å². The van der Waals surface area contributed by atoms with Crippen molar-refractivity contribution in [3.8, 4) is 0 Å². The molecule has 1 aromatic carbocycles. The molecular weight excluding hydrogens is 705 g/mol. The lowest BCUT2D eigenvalue weighted by atomic mass is 9.81. The number of unbranched alkanes of at least 4 members (excludes halogenated alkanes) is 30. The number of benzene rings is 1. The molecule has 0 aliphatic rings. The van der Waals surface area contributed by atoms with Crippen molar-refractivity contribution in [1.82, 2.24) is 0 Å².